The van der Waals surface area contributed by atoms with Gasteiger partial charge >= 0.3 is 0 Å². The molecule has 4 aromatic rings. The van der Waals surface area contributed by atoms with Gasteiger partial charge in [-0.15, -0.1) is 11.3 Å². The van der Waals surface area contributed by atoms with Crippen LogP contribution in [0.1, 0.15) is 30.9 Å². The van der Waals surface area contributed by atoms with Crippen LogP contribution < -0.4 is 10.1 Å². The smallest absolute Gasteiger partial charge is 0.262 e. The van der Waals surface area contributed by atoms with Crippen molar-refractivity contribution in [2.75, 3.05) is 11.9 Å². The number of ether oxygens (including phenoxy) is 1. The van der Waals surface area contributed by atoms with Crippen molar-refractivity contribution in [1.82, 2.24) is 4.98 Å². The van der Waals surface area contributed by atoms with Crippen LogP contribution in [0.5, 0.6) is 5.75 Å². The third-order valence-corrected chi connectivity index (χ3v) is 5.92. The lowest BCUT2D eigenvalue weighted by Gasteiger charge is -2.10. The molecule has 0 fully saturated rings. The first-order chi connectivity index (χ1) is 14.5. The maximum Gasteiger partial charge on any atom is 0.262 e. The highest BCUT2D eigenvalue weighted by Crippen LogP contribution is 2.31. The first-order valence-corrected chi connectivity index (χ1v) is 10.8. The fraction of sp³-hybridized carbons (Fsp3) is 0.200. The second-order valence-electron chi connectivity index (χ2n) is 7.63. The van der Waals surface area contributed by atoms with Crippen LogP contribution in [0.15, 0.2) is 66.7 Å². The van der Waals surface area contributed by atoms with Crippen molar-refractivity contribution in [2.45, 2.75) is 26.7 Å². The Kier molecular flexibility index (Phi) is 5.81. The molecule has 30 heavy (non-hydrogen) atoms. The molecular formula is C25H24N2O2S. The summed E-state index contributed by atoms with van der Waals surface area (Å²) < 4.78 is 6.83. The second kappa shape index (κ2) is 8.67. The number of anilines is 1. The van der Waals surface area contributed by atoms with Gasteiger partial charge in [0.2, 0.25) is 0 Å². The maximum atomic E-state index is 12.3. The van der Waals surface area contributed by atoms with Gasteiger partial charge in [0.05, 0.1) is 10.2 Å². The molecule has 0 aliphatic carbocycles. The predicted octanol–water partition coefficient (Wildman–Crippen LogP) is 6.41. The normalized spacial score (nSPS) is 11.1. The van der Waals surface area contributed by atoms with Gasteiger partial charge in [-0.25, -0.2) is 4.98 Å². The van der Waals surface area contributed by atoms with Crippen LogP contribution in [0.3, 0.4) is 0 Å². The van der Waals surface area contributed by atoms with Gasteiger partial charge in [0.15, 0.2) is 6.61 Å². The van der Waals surface area contributed by atoms with E-state index in [4.69, 9.17) is 9.72 Å². The van der Waals surface area contributed by atoms with Crippen molar-refractivity contribution in [3.8, 4) is 16.3 Å². The molecule has 5 heteroatoms. The Morgan fingerprint density at radius 2 is 1.87 bits per heavy atom. The average Bonchev–Trinajstić information content (AvgIpc) is 3.16. The molecule has 152 valence electrons. The maximum absolute atomic E-state index is 12.3. The fourth-order valence-electron chi connectivity index (χ4n) is 3.16. The summed E-state index contributed by atoms with van der Waals surface area (Å²) in [7, 11) is 0. The van der Waals surface area contributed by atoms with Gasteiger partial charge in [-0.2, -0.15) is 0 Å². The molecule has 1 aromatic heterocycles. The Balaban J connectivity index is 1.38. The summed E-state index contributed by atoms with van der Waals surface area (Å²) in [4.78, 5) is 17.0. The van der Waals surface area contributed by atoms with Crippen molar-refractivity contribution in [1.29, 1.82) is 0 Å². The zero-order valence-electron chi connectivity index (χ0n) is 17.3. The summed E-state index contributed by atoms with van der Waals surface area (Å²) >= 11 is 1.67. The number of nitrogens with one attached hydrogen (secondary N) is 1. The molecule has 0 saturated carbocycles. The van der Waals surface area contributed by atoms with E-state index in [1.165, 1.54) is 15.8 Å². The summed E-state index contributed by atoms with van der Waals surface area (Å²) in [5, 5.41) is 3.86. The van der Waals surface area contributed by atoms with E-state index in [0.717, 1.165) is 21.8 Å². The van der Waals surface area contributed by atoms with Gasteiger partial charge < -0.3 is 10.1 Å². The molecule has 0 atom stereocenters. The number of aromatic nitrogens is 1. The molecule has 1 N–H and O–H groups in total. The molecule has 4 rings (SSSR count). The summed E-state index contributed by atoms with van der Waals surface area (Å²) in [5.74, 6) is 0.936. The highest BCUT2D eigenvalue weighted by molar-refractivity contribution is 7.21. The van der Waals surface area contributed by atoms with E-state index < -0.39 is 0 Å². The first-order valence-electron chi connectivity index (χ1n) is 9.98. The number of rotatable bonds is 6. The van der Waals surface area contributed by atoms with E-state index in [9.17, 15) is 4.79 Å². The summed E-state index contributed by atoms with van der Waals surface area (Å²) in [5.41, 5.74) is 5.20. The van der Waals surface area contributed by atoms with E-state index in [-0.39, 0.29) is 12.5 Å². The van der Waals surface area contributed by atoms with Crippen molar-refractivity contribution >= 4 is 33.1 Å². The molecule has 0 unspecified atom stereocenters. The van der Waals surface area contributed by atoms with Crippen molar-refractivity contribution in [3.05, 3.63) is 77.9 Å². The lowest BCUT2D eigenvalue weighted by atomic mass is 10.0. The van der Waals surface area contributed by atoms with Crippen LogP contribution in [0, 0.1) is 6.92 Å². The number of aryl methyl sites for hydroxylation is 1. The molecule has 0 radical (unpaired) electrons. The minimum absolute atomic E-state index is 0.0273. The Bertz CT molecular complexity index is 1180. The number of hydrogen-bond donors (Lipinski definition) is 1. The van der Waals surface area contributed by atoms with E-state index in [0.29, 0.717) is 11.7 Å². The minimum atomic E-state index is -0.187. The third-order valence-electron chi connectivity index (χ3n) is 4.85. The standard InChI is InChI=1S/C25H24N2O2S/c1-16(2)19-5-4-6-21(14-19)29-15-24(28)26-20-10-8-18(9-11-20)25-27-22-12-7-17(3)13-23(22)30-25/h4-14,16H,15H2,1-3H3,(H,26,28). The van der Waals surface area contributed by atoms with E-state index in [1.54, 1.807) is 11.3 Å². The predicted molar refractivity (Wildman–Crippen MR) is 124 cm³/mol. The Morgan fingerprint density at radius 1 is 1.07 bits per heavy atom. The molecule has 0 bridgehead atoms. The minimum Gasteiger partial charge on any atom is -0.484 e. The Labute approximate surface area is 180 Å². The van der Waals surface area contributed by atoms with Crippen LogP contribution in [0.25, 0.3) is 20.8 Å². The van der Waals surface area contributed by atoms with Gasteiger partial charge in [0, 0.05) is 11.3 Å². The average molecular weight is 417 g/mol. The van der Waals surface area contributed by atoms with Crippen LogP contribution in [-0.4, -0.2) is 17.5 Å². The second-order valence-corrected chi connectivity index (χ2v) is 8.66. The molecule has 0 aliphatic heterocycles. The lowest BCUT2D eigenvalue weighted by Crippen LogP contribution is -2.20. The first kappa shape index (κ1) is 20.1. The molecular weight excluding hydrogens is 392 g/mol. The van der Waals surface area contributed by atoms with Crippen molar-refractivity contribution < 1.29 is 9.53 Å². The zero-order chi connectivity index (χ0) is 21.1. The summed E-state index contributed by atoms with van der Waals surface area (Å²) in [6.07, 6.45) is 0. The number of benzene rings is 3. The zero-order valence-corrected chi connectivity index (χ0v) is 18.1. The van der Waals surface area contributed by atoms with Crippen LogP contribution in [0.4, 0.5) is 5.69 Å². The van der Waals surface area contributed by atoms with Crippen LogP contribution in [-0.2, 0) is 4.79 Å². The Hall–Kier alpha value is -3.18. The SMILES string of the molecule is Cc1ccc2nc(-c3ccc(NC(=O)COc4cccc(C(C)C)c4)cc3)sc2c1. The number of amides is 1. The number of hydrogen-bond acceptors (Lipinski definition) is 4. The van der Waals surface area contributed by atoms with Gasteiger partial charge in [0.1, 0.15) is 10.8 Å². The highest BCUT2D eigenvalue weighted by Gasteiger charge is 2.09. The number of thiazole rings is 1. The molecule has 4 nitrogen and oxygen atoms in total. The number of carbonyl (C=O) groups is 1. The van der Waals surface area contributed by atoms with Crippen molar-refractivity contribution in [2.24, 2.45) is 0 Å². The van der Waals surface area contributed by atoms with Gasteiger partial charge in [0.25, 0.3) is 5.91 Å². The topological polar surface area (TPSA) is 51.2 Å². The molecule has 1 amide bonds. The monoisotopic (exact) mass is 416 g/mol. The van der Waals surface area contributed by atoms with Gasteiger partial charge in [-0.05, 0) is 72.5 Å². The summed E-state index contributed by atoms with van der Waals surface area (Å²) in [6.45, 7) is 6.32. The van der Waals surface area contributed by atoms with Gasteiger partial charge in [-0.1, -0.05) is 32.0 Å². The van der Waals surface area contributed by atoms with Crippen LogP contribution >= 0.6 is 11.3 Å². The molecule has 0 saturated heterocycles. The lowest BCUT2D eigenvalue weighted by molar-refractivity contribution is -0.118. The Morgan fingerprint density at radius 3 is 2.63 bits per heavy atom. The van der Waals surface area contributed by atoms with Crippen molar-refractivity contribution in [3.63, 3.8) is 0 Å². The molecule has 0 spiro atoms. The molecule has 0 aliphatic rings. The quantitative estimate of drug-likeness (QED) is 0.395. The largest absolute Gasteiger partial charge is 0.484 e. The van der Waals surface area contributed by atoms with E-state index in [1.807, 2.05) is 42.5 Å². The van der Waals surface area contributed by atoms with E-state index >= 15 is 0 Å². The van der Waals surface area contributed by atoms with E-state index in [2.05, 4.69) is 50.4 Å². The van der Waals surface area contributed by atoms with Gasteiger partial charge in [-0.3, -0.25) is 4.79 Å². The number of carbonyl (C=O) groups excluding carboxylic acids is 1. The fourth-order valence-corrected chi connectivity index (χ4v) is 4.23. The third kappa shape index (κ3) is 4.69. The van der Waals surface area contributed by atoms with Crippen LogP contribution in [0.2, 0.25) is 0 Å². The highest BCUT2D eigenvalue weighted by atomic mass is 32.1. The number of fused-ring (bicyclic) bond motifs is 1. The summed E-state index contributed by atoms with van der Waals surface area (Å²) in [6, 6.07) is 21.9. The molecule has 1 heterocycles. The number of nitrogens with zero attached hydrogens (tertiary/aromatic N) is 1. The molecule has 3 aromatic carbocycles.